The molecule has 0 atom stereocenters. The van der Waals surface area contributed by atoms with E-state index in [1.165, 1.54) is 29.2 Å². The molecule has 0 N–H and O–H groups in total. The number of nitrogens with zero attached hydrogens (tertiary/aromatic N) is 2. The highest BCUT2D eigenvalue weighted by molar-refractivity contribution is 7.89. The van der Waals surface area contributed by atoms with Crippen molar-refractivity contribution in [2.75, 3.05) is 26.2 Å². The molecule has 5 nitrogen and oxygen atoms in total. The molecule has 2 aromatic carbocycles. The zero-order valence-electron chi connectivity index (χ0n) is 14.2. The molecule has 0 spiro atoms. The quantitative estimate of drug-likeness (QED) is 0.799. The van der Waals surface area contributed by atoms with Gasteiger partial charge >= 0.3 is 0 Å². The molecule has 3 rings (SSSR count). The summed E-state index contributed by atoms with van der Waals surface area (Å²) in [7, 11) is -4.25. The van der Waals surface area contributed by atoms with Crippen molar-refractivity contribution in [3.05, 3.63) is 65.5 Å². The highest BCUT2D eigenvalue weighted by Gasteiger charge is 2.31. The Bertz CT molecular complexity index is 966. The van der Waals surface area contributed by atoms with Crippen LogP contribution in [0.25, 0.3) is 0 Å². The lowest BCUT2D eigenvalue weighted by molar-refractivity contribution is 0.0759. The maximum atomic E-state index is 13.9. The number of sulfonamides is 1. The third-order valence-electron chi connectivity index (χ3n) is 4.36. The van der Waals surface area contributed by atoms with Gasteiger partial charge in [-0.1, -0.05) is 12.1 Å². The second-order valence-corrected chi connectivity index (χ2v) is 8.01. The molecular formula is C18H17F3N2O3S. The Hall–Kier alpha value is -2.39. The number of amides is 1. The first-order valence-corrected chi connectivity index (χ1v) is 9.74. The molecule has 27 heavy (non-hydrogen) atoms. The van der Waals surface area contributed by atoms with Crippen LogP contribution >= 0.6 is 0 Å². The molecule has 1 amide bonds. The lowest BCUT2D eigenvalue weighted by atomic mass is 10.2. The third-order valence-corrected chi connectivity index (χ3v) is 6.27. The summed E-state index contributed by atoms with van der Waals surface area (Å²) in [6, 6.07) is 7.78. The van der Waals surface area contributed by atoms with Crippen molar-refractivity contribution in [3.63, 3.8) is 0 Å². The maximum Gasteiger partial charge on any atom is 0.256 e. The highest BCUT2D eigenvalue weighted by Crippen LogP contribution is 2.22. The van der Waals surface area contributed by atoms with E-state index in [-0.39, 0.29) is 38.2 Å². The minimum absolute atomic E-state index is 0.0172. The lowest BCUT2D eigenvalue weighted by Gasteiger charge is -2.22. The summed E-state index contributed by atoms with van der Waals surface area (Å²) < 4.78 is 67.5. The first-order valence-electron chi connectivity index (χ1n) is 8.30. The van der Waals surface area contributed by atoms with Crippen LogP contribution in [0.1, 0.15) is 16.8 Å². The Morgan fingerprint density at radius 2 is 1.63 bits per heavy atom. The Kier molecular flexibility index (Phi) is 5.52. The van der Waals surface area contributed by atoms with E-state index >= 15 is 0 Å². The number of carbonyl (C=O) groups is 1. The van der Waals surface area contributed by atoms with Crippen LogP contribution in [0.2, 0.25) is 0 Å². The van der Waals surface area contributed by atoms with Gasteiger partial charge in [0.2, 0.25) is 10.0 Å². The average molecular weight is 398 g/mol. The van der Waals surface area contributed by atoms with E-state index in [9.17, 15) is 26.4 Å². The summed E-state index contributed by atoms with van der Waals surface area (Å²) in [5.41, 5.74) is -0.0926. The average Bonchev–Trinajstić information content (AvgIpc) is 2.90. The van der Waals surface area contributed by atoms with Crippen LogP contribution in [0.3, 0.4) is 0 Å². The van der Waals surface area contributed by atoms with Crippen molar-refractivity contribution in [3.8, 4) is 0 Å². The molecule has 1 saturated heterocycles. The van der Waals surface area contributed by atoms with Crippen LogP contribution in [0.4, 0.5) is 13.2 Å². The normalized spacial score (nSPS) is 16.2. The largest absolute Gasteiger partial charge is 0.337 e. The topological polar surface area (TPSA) is 57.7 Å². The first-order chi connectivity index (χ1) is 12.8. The molecular weight excluding hydrogens is 381 g/mol. The van der Waals surface area contributed by atoms with Gasteiger partial charge in [0.15, 0.2) is 0 Å². The summed E-state index contributed by atoms with van der Waals surface area (Å²) in [4.78, 5) is 13.1. The molecule has 0 aromatic heterocycles. The second kappa shape index (κ2) is 7.69. The van der Waals surface area contributed by atoms with Crippen molar-refractivity contribution in [2.45, 2.75) is 11.3 Å². The monoisotopic (exact) mass is 398 g/mol. The third kappa shape index (κ3) is 3.98. The molecule has 1 heterocycles. The molecule has 1 aliphatic heterocycles. The van der Waals surface area contributed by atoms with Crippen LogP contribution in [-0.4, -0.2) is 49.7 Å². The number of halogens is 3. The van der Waals surface area contributed by atoms with Crippen LogP contribution < -0.4 is 0 Å². The predicted molar refractivity (Wildman–Crippen MR) is 92.0 cm³/mol. The van der Waals surface area contributed by atoms with E-state index in [0.29, 0.717) is 6.07 Å². The Labute approximate surface area is 155 Å². The summed E-state index contributed by atoms with van der Waals surface area (Å²) in [6.07, 6.45) is 0.288. The number of carbonyl (C=O) groups excluding carboxylic acids is 1. The molecule has 0 radical (unpaired) electrons. The molecule has 0 bridgehead atoms. The van der Waals surface area contributed by atoms with Crippen molar-refractivity contribution in [1.82, 2.24) is 9.21 Å². The molecule has 2 aromatic rings. The maximum absolute atomic E-state index is 13.9. The van der Waals surface area contributed by atoms with Gasteiger partial charge in [-0.15, -0.1) is 0 Å². The SMILES string of the molecule is O=C(c1ccccc1F)N1CCCN(S(=O)(=O)c2cc(F)ccc2F)CC1. The van der Waals surface area contributed by atoms with Gasteiger partial charge in [0.05, 0.1) is 5.56 Å². The van der Waals surface area contributed by atoms with Gasteiger partial charge in [0.1, 0.15) is 22.3 Å². The van der Waals surface area contributed by atoms with Crippen molar-refractivity contribution < 1.29 is 26.4 Å². The summed E-state index contributed by atoms with van der Waals surface area (Å²) in [5, 5.41) is 0. The summed E-state index contributed by atoms with van der Waals surface area (Å²) in [6.45, 7) is 0.186. The molecule has 0 unspecified atom stereocenters. The molecule has 9 heteroatoms. The molecule has 144 valence electrons. The van der Waals surface area contributed by atoms with E-state index in [4.69, 9.17) is 0 Å². The number of hydrogen-bond acceptors (Lipinski definition) is 3. The Morgan fingerprint density at radius 3 is 2.37 bits per heavy atom. The first kappa shape index (κ1) is 19.4. The Balaban J connectivity index is 1.79. The van der Waals surface area contributed by atoms with Gasteiger partial charge in [-0.3, -0.25) is 4.79 Å². The zero-order valence-corrected chi connectivity index (χ0v) is 15.1. The fourth-order valence-electron chi connectivity index (χ4n) is 2.96. The second-order valence-electron chi connectivity index (χ2n) is 6.10. The van der Waals surface area contributed by atoms with Crippen LogP contribution in [0.5, 0.6) is 0 Å². The van der Waals surface area contributed by atoms with E-state index in [2.05, 4.69) is 0 Å². The van der Waals surface area contributed by atoms with Crippen molar-refractivity contribution in [2.24, 2.45) is 0 Å². The smallest absolute Gasteiger partial charge is 0.256 e. The van der Waals surface area contributed by atoms with Gasteiger partial charge < -0.3 is 4.90 Å². The predicted octanol–water partition coefficient (Wildman–Crippen LogP) is 2.64. The van der Waals surface area contributed by atoms with E-state index in [1.807, 2.05) is 0 Å². The van der Waals surface area contributed by atoms with Gasteiger partial charge in [0, 0.05) is 26.2 Å². The minimum Gasteiger partial charge on any atom is -0.337 e. The van der Waals surface area contributed by atoms with Gasteiger partial charge in [0.25, 0.3) is 5.91 Å². The standard InChI is InChI=1S/C18H17F3N2O3S/c19-13-6-7-16(21)17(12-13)27(25,26)23-9-3-8-22(10-11-23)18(24)14-4-1-2-5-15(14)20/h1-2,4-7,12H,3,8-11H2. The minimum atomic E-state index is -4.25. The fourth-order valence-corrected chi connectivity index (χ4v) is 4.50. The van der Waals surface area contributed by atoms with Gasteiger partial charge in [-0.25, -0.2) is 21.6 Å². The molecule has 1 aliphatic rings. The highest BCUT2D eigenvalue weighted by atomic mass is 32.2. The molecule has 0 saturated carbocycles. The van der Waals surface area contributed by atoms with Crippen LogP contribution in [0.15, 0.2) is 47.4 Å². The van der Waals surface area contributed by atoms with Gasteiger partial charge in [-0.05, 0) is 36.8 Å². The summed E-state index contributed by atoms with van der Waals surface area (Å²) in [5.74, 6) is -3.09. The number of rotatable bonds is 3. The lowest BCUT2D eigenvalue weighted by Crippen LogP contribution is -2.37. The van der Waals surface area contributed by atoms with E-state index < -0.39 is 38.3 Å². The molecule has 0 aliphatic carbocycles. The fraction of sp³-hybridized carbons (Fsp3) is 0.278. The number of benzene rings is 2. The van der Waals surface area contributed by atoms with Gasteiger partial charge in [-0.2, -0.15) is 4.31 Å². The summed E-state index contributed by atoms with van der Waals surface area (Å²) >= 11 is 0. The Morgan fingerprint density at radius 1 is 0.889 bits per heavy atom. The van der Waals surface area contributed by atoms with Crippen LogP contribution in [0, 0.1) is 17.5 Å². The molecule has 1 fully saturated rings. The zero-order chi connectivity index (χ0) is 19.6. The number of hydrogen-bond donors (Lipinski definition) is 0. The van der Waals surface area contributed by atoms with E-state index in [1.54, 1.807) is 0 Å². The van der Waals surface area contributed by atoms with Crippen molar-refractivity contribution >= 4 is 15.9 Å². The van der Waals surface area contributed by atoms with Crippen LogP contribution in [-0.2, 0) is 10.0 Å². The van der Waals surface area contributed by atoms with Crippen molar-refractivity contribution in [1.29, 1.82) is 0 Å². The van der Waals surface area contributed by atoms with E-state index in [0.717, 1.165) is 16.4 Å².